The summed E-state index contributed by atoms with van der Waals surface area (Å²) in [7, 11) is 0. The van der Waals surface area contributed by atoms with Crippen molar-refractivity contribution in [2.24, 2.45) is 0 Å². The lowest BCUT2D eigenvalue weighted by molar-refractivity contribution is 0.251. The zero-order valence-corrected chi connectivity index (χ0v) is 9.64. The van der Waals surface area contributed by atoms with E-state index >= 15 is 0 Å². The minimum atomic E-state index is -0.365. The number of rotatable bonds is 1. The highest BCUT2D eigenvalue weighted by atomic mass is 35.5. The molecule has 0 bridgehead atoms. The van der Waals surface area contributed by atoms with Gasteiger partial charge in [-0.25, -0.2) is 19.1 Å². The maximum Gasteiger partial charge on any atom is 0.345 e. The molecule has 2 heterocycles. The first-order valence-corrected chi connectivity index (χ1v) is 5.09. The number of imidazole rings is 1. The standard InChI is InChI=1S/C9H7ClN4OS/c10-7-1-2-8(12-5-7)14(16)9(15)13-4-3-11-6-13/h1-6,16H. The van der Waals surface area contributed by atoms with Gasteiger partial charge in [0.05, 0.1) is 5.02 Å². The number of nitrogens with zero attached hydrogens (tertiary/aromatic N) is 4. The van der Waals surface area contributed by atoms with Crippen molar-refractivity contribution in [2.45, 2.75) is 0 Å². The van der Waals surface area contributed by atoms with Crippen LogP contribution in [0.2, 0.25) is 5.02 Å². The maximum atomic E-state index is 11.8. The summed E-state index contributed by atoms with van der Waals surface area (Å²) in [6.45, 7) is 0. The molecule has 16 heavy (non-hydrogen) atoms. The summed E-state index contributed by atoms with van der Waals surface area (Å²) in [6, 6.07) is 2.87. The Labute approximate surface area is 102 Å². The third-order valence-corrected chi connectivity index (χ3v) is 2.43. The molecule has 0 N–H and O–H groups in total. The predicted octanol–water partition coefficient (Wildman–Crippen LogP) is 2.25. The second kappa shape index (κ2) is 4.54. The highest BCUT2D eigenvalue weighted by Crippen LogP contribution is 2.16. The lowest BCUT2D eigenvalue weighted by Crippen LogP contribution is -2.26. The van der Waals surface area contributed by atoms with Gasteiger partial charge in [-0.05, 0) is 12.1 Å². The van der Waals surface area contributed by atoms with Gasteiger partial charge >= 0.3 is 6.03 Å². The zero-order chi connectivity index (χ0) is 11.5. The van der Waals surface area contributed by atoms with Crippen LogP contribution in [0.5, 0.6) is 0 Å². The highest BCUT2D eigenvalue weighted by Gasteiger charge is 2.14. The molecular weight excluding hydrogens is 248 g/mol. The van der Waals surface area contributed by atoms with Gasteiger partial charge in [-0.1, -0.05) is 24.4 Å². The molecule has 0 aliphatic carbocycles. The van der Waals surface area contributed by atoms with Crippen LogP contribution in [0.1, 0.15) is 0 Å². The third-order valence-electron chi connectivity index (χ3n) is 1.84. The molecule has 0 unspecified atom stereocenters. The molecule has 2 aromatic rings. The summed E-state index contributed by atoms with van der Waals surface area (Å²) < 4.78 is 2.40. The van der Waals surface area contributed by atoms with Crippen LogP contribution >= 0.6 is 24.4 Å². The van der Waals surface area contributed by atoms with Crippen molar-refractivity contribution in [3.8, 4) is 0 Å². The van der Waals surface area contributed by atoms with Crippen molar-refractivity contribution >= 4 is 36.3 Å². The maximum absolute atomic E-state index is 11.8. The Bertz CT molecular complexity index is 485. The predicted molar refractivity (Wildman–Crippen MR) is 63.7 cm³/mol. The van der Waals surface area contributed by atoms with Crippen LogP contribution in [-0.2, 0) is 0 Å². The van der Waals surface area contributed by atoms with Gasteiger partial charge in [-0.15, -0.1) is 0 Å². The zero-order valence-electron chi connectivity index (χ0n) is 7.99. The summed E-state index contributed by atoms with van der Waals surface area (Å²) in [6.07, 6.45) is 5.87. The van der Waals surface area contributed by atoms with Crippen LogP contribution in [-0.4, -0.2) is 20.6 Å². The van der Waals surface area contributed by atoms with Crippen LogP contribution in [0.3, 0.4) is 0 Å². The molecule has 1 amide bonds. The minimum Gasteiger partial charge on any atom is -0.257 e. The summed E-state index contributed by atoms with van der Waals surface area (Å²) in [4.78, 5) is 19.5. The first kappa shape index (κ1) is 11.0. The van der Waals surface area contributed by atoms with E-state index < -0.39 is 0 Å². The fourth-order valence-corrected chi connectivity index (χ4v) is 1.41. The van der Waals surface area contributed by atoms with Gasteiger partial charge in [0, 0.05) is 18.6 Å². The Morgan fingerprint density at radius 2 is 2.31 bits per heavy atom. The first-order valence-electron chi connectivity index (χ1n) is 4.31. The molecule has 2 rings (SSSR count). The number of hydrogen-bond donors (Lipinski definition) is 1. The van der Waals surface area contributed by atoms with E-state index in [0.717, 1.165) is 4.31 Å². The van der Waals surface area contributed by atoms with Crippen molar-refractivity contribution in [2.75, 3.05) is 4.31 Å². The molecule has 0 aliphatic rings. The summed E-state index contributed by atoms with van der Waals surface area (Å²) in [5, 5.41) is 0.501. The molecule has 5 nitrogen and oxygen atoms in total. The summed E-state index contributed by atoms with van der Waals surface area (Å²) >= 11 is 9.75. The number of pyridine rings is 1. The van der Waals surface area contributed by atoms with E-state index in [9.17, 15) is 4.79 Å². The molecule has 0 radical (unpaired) electrons. The first-order chi connectivity index (χ1) is 7.68. The Balaban J connectivity index is 2.22. The van der Waals surface area contributed by atoms with Gasteiger partial charge in [0.25, 0.3) is 0 Å². The van der Waals surface area contributed by atoms with Crippen molar-refractivity contribution in [1.82, 2.24) is 14.5 Å². The van der Waals surface area contributed by atoms with Crippen LogP contribution in [0, 0.1) is 0 Å². The van der Waals surface area contributed by atoms with Gasteiger partial charge in [-0.3, -0.25) is 4.57 Å². The molecule has 0 spiro atoms. The van der Waals surface area contributed by atoms with Gasteiger partial charge in [0.2, 0.25) is 0 Å². The van der Waals surface area contributed by atoms with E-state index in [1.165, 1.54) is 29.5 Å². The van der Waals surface area contributed by atoms with Crippen LogP contribution < -0.4 is 4.31 Å². The second-order valence-electron chi connectivity index (χ2n) is 2.90. The fourth-order valence-electron chi connectivity index (χ4n) is 1.07. The fraction of sp³-hybridized carbons (Fsp3) is 0. The number of halogens is 1. The minimum absolute atomic E-state index is 0.365. The van der Waals surface area contributed by atoms with Crippen molar-refractivity contribution in [3.05, 3.63) is 42.1 Å². The number of hydrogen-bond acceptors (Lipinski definition) is 4. The Morgan fingerprint density at radius 3 is 2.88 bits per heavy atom. The van der Waals surface area contributed by atoms with E-state index in [-0.39, 0.29) is 6.03 Å². The molecule has 7 heteroatoms. The van der Waals surface area contributed by atoms with E-state index in [2.05, 4.69) is 22.8 Å². The Kier molecular flexibility index (Phi) is 3.12. The molecule has 0 saturated heterocycles. The Morgan fingerprint density at radius 1 is 1.50 bits per heavy atom. The van der Waals surface area contributed by atoms with E-state index in [1.54, 1.807) is 12.1 Å². The van der Waals surface area contributed by atoms with Crippen molar-refractivity contribution < 1.29 is 4.79 Å². The monoisotopic (exact) mass is 254 g/mol. The summed E-state index contributed by atoms with van der Waals surface area (Å²) in [5.74, 6) is 0.395. The summed E-state index contributed by atoms with van der Waals surface area (Å²) in [5.41, 5.74) is 0. The van der Waals surface area contributed by atoms with Gasteiger partial charge in [0.1, 0.15) is 12.1 Å². The van der Waals surface area contributed by atoms with Gasteiger partial charge in [-0.2, -0.15) is 0 Å². The van der Waals surface area contributed by atoms with Crippen LogP contribution in [0.25, 0.3) is 0 Å². The highest BCUT2D eigenvalue weighted by molar-refractivity contribution is 7.82. The number of amides is 1. The van der Waals surface area contributed by atoms with E-state index in [4.69, 9.17) is 11.6 Å². The van der Waals surface area contributed by atoms with E-state index in [1.807, 2.05) is 0 Å². The smallest absolute Gasteiger partial charge is 0.257 e. The van der Waals surface area contributed by atoms with Crippen LogP contribution in [0.15, 0.2) is 37.1 Å². The number of anilines is 1. The number of carbonyl (C=O) groups is 1. The van der Waals surface area contributed by atoms with Gasteiger partial charge < -0.3 is 0 Å². The quantitative estimate of drug-likeness (QED) is 0.794. The molecule has 0 fully saturated rings. The molecule has 0 aromatic carbocycles. The van der Waals surface area contributed by atoms with E-state index in [0.29, 0.717) is 10.8 Å². The second-order valence-corrected chi connectivity index (χ2v) is 3.74. The lowest BCUT2D eigenvalue weighted by atomic mass is 10.4. The molecule has 0 saturated carbocycles. The largest absolute Gasteiger partial charge is 0.345 e. The lowest BCUT2D eigenvalue weighted by Gasteiger charge is -2.14. The molecule has 82 valence electrons. The topological polar surface area (TPSA) is 51.0 Å². The Hall–Kier alpha value is -1.53. The average Bonchev–Trinajstić information content (AvgIpc) is 2.81. The molecule has 2 aromatic heterocycles. The number of aromatic nitrogens is 3. The SMILES string of the molecule is O=C(N(S)c1ccc(Cl)cn1)n1ccnc1. The van der Waals surface area contributed by atoms with Crippen molar-refractivity contribution in [1.29, 1.82) is 0 Å². The number of carbonyl (C=O) groups excluding carboxylic acids is 1. The van der Waals surface area contributed by atoms with Crippen LogP contribution in [0.4, 0.5) is 10.6 Å². The molecule has 0 aliphatic heterocycles. The number of thiol groups is 1. The molecular formula is C9H7ClN4OS. The average molecular weight is 255 g/mol. The van der Waals surface area contributed by atoms with Crippen molar-refractivity contribution in [3.63, 3.8) is 0 Å². The van der Waals surface area contributed by atoms with Gasteiger partial charge in [0.15, 0.2) is 0 Å². The molecule has 0 atom stereocenters. The third kappa shape index (κ3) is 2.17. The normalized spacial score (nSPS) is 10.1.